The van der Waals surface area contributed by atoms with Crippen molar-refractivity contribution in [2.24, 2.45) is 0 Å². The zero-order chi connectivity index (χ0) is 10.6. The molecule has 0 aliphatic heterocycles. The Morgan fingerprint density at radius 2 is 1.86 bits per heavy atom. The average Bonchev–Trinajstić information content (AvgIpc) is 2.15. The Morgan fingerprint density at radius 1 is 1.07 bits per heavy atom. The van der Waals surface area contributed by atoms with Crippen molar-refractivity contribution in [2.45, 2.75) is 26.2 Å². The normalized spacial score (nSPS) is 11.1. The van der Waals surface area contributed by atoms with Crippen LogP contribution in [-0.2, 0) is 4.74 Å². The molecule has 0 saturated heterocycles. The average molecular weight is 202 g/mol. The second kappa shape index (κ2) is 11.0. The SMILES string of the molecule is CCCCCOCCNCCN(C)C. The van der Waals surface area contributed by atoms with Crippen LogP contribution in [0.1, 0.15) is 26.2 Å². The van der Waals surface area contributed by atoms with Crippen LogP contribution in [0.3, 0.4) is 0 Å². The molecule has 1 N–H and O–H groups in total. The second-order valence-electron chi connectivity index (χ2n) is 3.87. The second-order valence-corrected chi connectivity index (χ2v) is 3.87. The van der Waals surface area contributed by atoms with Gasteiger partial charge in [-0.1, -0.05) is 19.8 Å². The van der Waals surface area contributed by atoms with Crippen molar-refractivity contribution in [2.75, 3.05) is 46.9 Å². The van der Waals surface area contributed by atoms with Crippen molar-refractivity contribution in [3.05, 3.63) is 0 Å². The molecule has 0 amide bonds. The molecule has 3 heteroatoms. The van der Waals surface area contributed by atoms with Crippen LogP contribution < -0.4 is 5.32 Å². The van der Waals surface area contributed by atoms with Crippen LogP contribution in [-0.4, -0.2) is 51.8 Å². The summed E-state index contributed by atoms with van der Waals surface area (Å²) in [5, 5.41) is 3.34. The van der Waals surface area contributed by atoms with Crippen LogP contribution >= 0.6 is 0 Å². The van der Waals surface area contributed by atoms with Gasteiger partial charge in [-0.15, -0.1) is 0 Å². The highest BCUT2D eigenvalue weighted by atomic mass is 16.5. The highest BCUT2D eigenvalue weighted by molar-refractivity contribution is 4.49. The Balaban J connectivity index is 2.85. The first kappa shape index (κ1) is 13.9. The minimum absolute atomic E-state index is 0.844. The summed E-state index contributed by atoms with van der Waals surface area (Å²) < 4.78 is 5.47. The summed E-state index contributed by atoms with van der Waals surface area (Å²) in [6, 6.07) is 0. The zero-order valence-electron chi connectivity index (χ0n) is 10.0. The summed E-state index contributed by atoms with van der Waals surface area (Å²) >= 11 is 0. The molecule has 3 nitrogen and oxygen atoms in total. The van der Waals surface area contributed by atoms with E-state index in [0.29, 0.717) is 0 Å². The number of likely N-dealkylation sites (N-methyl/N-ethyl adjacent to an activating group) is 1. The molecule has 0 radical (unpaired) electrons. The van der Waals surface area contributed by atoms with Crippen molar-refractivity contribution in [3.63, 3.8) is 0 Å². The van der Waals surface area contributed by atoms with Crippen LogP contribution in [0.15, 0.2) is 0 Å². The van der Waals surface area contributed by atoms with E-state index in [-0.39, 0.29) is 0 Å². The molecule has 0 aromatic carbocycles. The van der Waals surface area contributed by atoms with Gasteiger partial charge in [0.1, 0.15) is 0 Å². The molecule has 0 aliphatic carbocycles. The highest BCUT2D eigenvalue weighted by Gasteiger charge is 1.91. The van der Waals surface area contributed by atoms with E-state index in [9.17, 15) is 0 Å². The van der Waals surface area contributed by atoms with Gasteiger partial charge >= 0.3 is 0 Å². The van der Waals surface area contributed by atoms with Crippen LogP contribution in [0.4, 0.5) is 0 Å². The van der Waals surface area contributed by atoms with Crippen molar-refractivity contribution in [1.29, 1.82) is 0 Å². The molecule has 0 heterocycles. The van der Waals surface area contributed by atoms with E-state index in [4.69, 9.17) is 4.74 Å². The highest BCUT2D eigenvalue weighted by Crippen LogP contribution is 1.93. The molecule has 0 aliphatic rings. The lowest BCUT2D eigenvalue weighted by molar-refractivity contribution is 0.131. The van der Waals surface area contributed by atoms with Crippen molar-refractivity contribution >= 4 is 0 Å². The summed E-state index contributed by atoms with van der Waals surface area (Å²) in [6.07, 6.45) is 3.76. The van der Waals surface area contributed by atoms with Crippen molar-refractivity contribution in [1.82, 2.24) is 10.2 Å². The Hall–Kier alpha value is -0.120. The molecule has 86 valence electrons. The van der Waals surface area contributed by atoms with E-state index >= 15 is 0 Å². The summed E-state index contributed by atoms with van der Waals surface area (Å²) in [5.41, 5.74) is 0. The van der Waals surface area contributed by atoms with E-state index < -0.39 is 0 Å². The van der Waals surface area contributed by atoms with Gasteiger partial charge in [0.25, 0.3) is 0 Å². The number of unbranched alkanes of at least 4 members (excludes halogenated alkanes) is 2. The predicted octanol–water partition coefficient (Wildman–Crippen LogP) is 1.34. The largest absolute Gasteiger partial charge is 0.380 e. The van der Waals surface area contributed by atoms with Crippen molar-refractivity contribution < 1.29 is 4.74 Å². The van der Waals surface area contributed by atoms with Gasteiger partial charge < -0.3 is 15.0 Å². The molecular weight excluding hydrogens is 176 g/mol. The van der Waals surface area contributed by atoms with Gasteiger partial charge in [0.15, 0.2) is 0 Å². The molecule has 0 fully saturated rings. The lowest BCUT2D eigenvalue weighted by Crippen LogP contribution is -2.29. The Kier molecular flexibility index (Phi) is 10.9. The molecule has 0 bridgehead atoms. The number of rotatable bonds is 10. The van der Waals surface area contributed by atoms with Gasteiger partial charge in [-0.25, -0.2) is 0 Å². The molecule has 0 unspecified atom stereocenters. The van der Waals surface area contributed by atoms with Gasteiger partial charge in [0, 0.05) is 26.2 Å². The summed E-state index contributed by atoms with van der Waals surface area (Å²) in [5.74, 6) is 0. The van der Waals surface area contributed by atoms with Gasteiger partial charge in [-0.3, -0.25) is 0 Å². The van der Waals surface area contributed by atoms with Gasteiger partial charge in [0.2, 0.25) is 0 Å². The Bertz CT molecular complexity index is 107. The molecule has 0 aromatic heterocycles. The zero-order valence-corrected chi connectivity index (χ0v) is 10.0. The predicted molar refractivity (Wildman–Crippen MR) is 61.8 cm³/mol. The maximum atomic E-state index is 5.47. The fourth-order valence-electron chi connectivity index (χ4n) is 1.13. The summed E-state index contributed by atoms with van der Waals surface area (Å²) in [7, 11) is 4.17. The monoisotopic (exact) mass is 202 g/mol. The molecule has 14 heavy (non-hydrogen) atoms. The number of nitrogens with one attached hydrogen (secondary N) is 1. The lowest BCUT2D eigenvalue weighted by atomic mass is 10.3. The van der Waals surface area contributed by atoms with Crippen LogP contribution in [0, 0.1) is 0 Å². The van der Waals surface area contributed by atoms with E-state index in [2.05, 4.69) is 31.2 Å². The third-order valence-electron chi connectivity index (χ3n) is 2.05. The molecule has 0 rings (SSSR count). The maximum absolute atomic E-state index is 5.47. The minimum Gasteiger partial charge on any atom is -0.380 e. The van der Waals surface area contributed by atoms with Crippen LogP contribution in [0.5, 0.6) is 0 Å². The first-order valence-electron chi connectivity index (χ1n) is 5.70. The standard InChI is InChI=1S/C11H26N2O/c1-4-5-6-10-14-11-8-12-7-9-13(2)3/h12H,4-11H2,1-3H3. The van der Waals surface area contributed by atoms with Gasteiger partial charge in [-0.2, -0.15) is 0 Å². The topological polar surface area (TPSA) is 24.5 Å². The quantitative estimate of drug-likeness (QED) is 0.541. The molecule has 0 atom stereocenters. The third kappa shape index (κ3) is 11.9. The molecule has 0 saturated carbocycles. The fraction of sp³-hybridized carbons (Fsp3) is 1.00. The van der Waals surface area contributed by atoms with Crippen molar-refractivity contribution in [3.8, 4) is 0 Å². The van der Waals surface area contributed by atoms with Gasteiger partial charge in [-0.05, 0) is 20.5 Å². The van der Waals surface area contributed by atoms with Gasteiger partial charge in [0.05, 0.1) is 6.61 Å². The summed E-state index contributed by atoms with van der Waals surface area (Å²) in [6.45, 7) is 7.09. The number of nitrogens with zero attached hydrogens (tertiary/aromatic N) is 1. The molecular formula is C11H26N2O. The number of hydrogen-bond donors (Lipinski definition) is 1. The van der Waals surface area contributed by atoms with E-state index in [1.165, 1.54) is 19.3 Å². The van der Waals surface area contributed by atoms with Crippen LogP contribution in [0.25, 0.3) is 0 Å². The fourth-order valence-corrected chi connectivity index (χ4v) is 1.13. The molecule has 0 aromatic rings. The first-order chi connectivity index (χ1) is 6.77. The van der Waals surface area contributed by atoms with Crippen LogP contribution in [0.2, 0.25) is 0 Å². The maximum Gasteiger partial charge on any atom is 0.0590 e. The molecule has 0 spiro atoms. The minimum atomic E-state index is 0.844. The van der Waals surface area contributed by atoms with E-state index in [1.54, 1.807) is 0 Å². The van der Waals surface area contributed by atoms with E-state index in [0.717, 1.165) is 32.8 Å². The Labute approximate surface area is 88.8 Å². The number of ether oxygens (including phenoxy) is 1. The third-order valence-corrected chi connectivity index (χ3v) is 2.05. The smallest absolute Gasteiger partial charge is 0.0590 e. The summed E-state index contributed by atoms with van der Waals surface area (Å²) in [4.78, 5) is 2.18. The number of hydrogen-bond acceptors (Lipinski definition) is 3. The first-order valence-corrected chi connectivity index (χ1v) is 5.70. The Morgan fingerprint density at radius 3 is 2.50 bits per heavy atom. The van der Waals surface area contributed by atoms with E-state index in [1.807, 2.05) is 0 Å². The lowest BCUT2D eigenvalue weighted by Gasteiger charge is -2.10.